The Morgan fingerprint density at radius 1 is 1.02 bits per heavy atom. The minimum Gasteiger partial charge on any atom is -0.455 e. The Morgan fingerprint density at radius 2 is 1.75 bits per heavy atom. The van der Waals surface area contributed by atoms with E-state index >= 15 is 0 Å². The molecule has 14 atom stereocenters. The maximum absolute atomic E-state index is 13.7. The molecular weight excluding hydrogens is 570 g/mol. The van der Waals surface area contributed by atoms with E-state index in [1.54, 1.807) is 45.6 Å². The first-order valence-electron chi connectivity index (χ1n) is 15.7. The van der Waals surface area contributed by atoms with Crippen molar-refractivity contribution in [3.05, 3.63) is 35.9 Å². The summed E-state index contributed by atoms with van der Waals surface area (Å²) >= 11 is 0. The van der Waals surface area contributed by atoms with Crippen LogP contribution in [-0.2, 0) is 33.2 Å². The normalized spacial score (nSPS) is 49.9. The van der Waals surface area contributed by atoms with Crippen molar-refractivity contribution in [3.63, 3.8) is 0 Å². The van der Waals surface area contributed by atoms with Crippen LogP contribution in [0.15, 0.2) is 30.3 Å². The molecule has 44 heavy (non-hydrogen) atoms. The molecule has 0 radical (unpaired) electrons. The lowest BCUT2D eigenvalue weighted by molar-refractivity contribution is -0.316. The fraction of sp³-hybridized carbons (Fsp3) is 0.758. The molecule has 1 aliphatic heterocycles. The van der Waals surface area contributed by atoms with E-state index in [2.05, 4.69) is 11.9 Å². The van der Waals surface area contributed by atoms with Crippen LogP contribution in [0.1, 0.15) is 36.5 Å². The van der Waals surface area contributed by atoms with Crippen LogP contribution < -0.4 is 0 Å². The topological polar surface area (TPSA) is 133 Å². The molecule has 2 N–H and O–H groups in total. The van der Waals surface area contributed by atoms with Gasteiger partial charge in [-0.2, -0.15) is 0 Å². The van der Waals surface area contributed by atoms with E-state index in [1.807, 2.05) is 6.07 Å². The van der Waals surface area contributed by atoms with Crippen molar-refractivity contribution in [2.24, 2.45) is 34.5 Å². The third kappa shape index (κ3) is 3.41. The average Bonchev–Trinajstić information content (AvgIpc) is 3.39. The number of methoxy groups -OCH3 is 4. The third-order valence-corrected chi connectivity index (χ3v) is 12.8. The molecule has 1 heterocycles. The number of nitrogens with zero attached hydrogens (tertiary/aromatic N) is 1. The van der Waals surface area contributed by atoms with Crippen LogP contribution in [-0.4, -0.2) is 123 Å². The Morgan fingerprint density at radius 3 is 2.36 bits per heavy atom. The molecule has 11 heteroatoms. The molecular formula is C33H45NO10. The summed E-state index contributed by atoms with van der Waals surface area (Å²) in [5, 5.41) is 25.1. The minimum absolute atomic E-state index is 0.103. The van der Waals surface area contributed by atoms with E-state index in [4.69, 9.17) is 28.4 Å². The van der Waals surface area contributed by atoms with Crippen molar-refractivity contribution in [2.75, 3.05) is 48.6 Å². The molecule has 2 unspecified atom stereocenters. The minimum atomic E-state index is -1.76. The summed E-state index contributed by atoms with van der Waals surface area (Å²) in [5.74, 6) is -2.96. The largest absolute Gasteiger partial charge is 0.455 e. The van der Waals surface area contributed by atoms with Crippen LogP contribution in [0, 0.1) is 34.5 Å². The van der Waals surface area contributed by atoms with Gasteiger partial charge in [0.05, 0.1) is 24.4 Å². The molecule has 11 nitrogen and oxygen atoms in total. The van der Waals surface area contributed by atoms with Crippen molar-refractivity contribution in [2.45, 2.75) is 73.9 Å². The van der Waals surface area contributed by atoms with E-state index in [0.29, 0.717) is 12.2 Å². The van der Waals surface area contributed by atoms with Crippen molar-refractivity contribution in [3.8, 4) is 0 Å². The molecule has 1 spiro atoms. The molecule has 7 bridgehead atoms. The lowest BCUT2D eigenvalue weighted by Gasteiger charge is -2.69. The van der Waals surface area contributed by atoms with Gasteiger partial charge in [-0.1, -0.05) is 18.2 Å². The van der Waals surface area contributed by atoms with Gasteiger partial charge in [0.15, 0.2) is 5.60 Å². The van der Waals surface area contributed by atoms with Gasteiger partial charge >= 0.3 is 11.9 Å². The molecule has 1 aromatic rings. The number of hydrogen-bond donors (Lipinski definition) is 2. The summed E-state index contributed by atoms with van der Waals surface area (Å²) in [6.45, 7) is 2.56. The number of fused-ring (bicyclic) bond motifs is 2. The maximum atomic E-state index is 13.7. The van der Waals surface area contributed by atoms with Crippen molar-refractivity contribution < 1.29 is 48.2 Å². The SMILES string of the molecule is COC[C@@]12CC[C@H](OC)C34[C@@H]5C[C@@]6(O)[C@H](OC(=O)c7ccccc7)[C@@H]5[C@](OC(C)=O)(C([C@H](OC)[C@@H]31)[C@H]4N(C)C2)[C@@H](O)[C@H]6OC. The average molecular weight is 616 g/mol. The second-order valence-corrected chi connectivity index (χ2v) is 14.2. The van der Waals surface area contributed by atoms with Gasteiger partial charge in [0.2, 0.25) is 0 Å². The molecule has 5 saturated carbocycles. The quantitative estimate of drug-likeness (QED) is 0.410. The Bertz CT molecular complexity index is 1310. The second kappa shape index (κ2) is 10.2. The van der Waals surface area contributed by atoms with Crippen LogP contribution in [0.25, 0.3) is 0 Å². The molecule has 5 aliphatic carbocycles. The summed E-state index contributed by atoms with van der Waals surface area (Å²) in [6, 6.07) is 8.39. The lowest BCUT2D eigenvalue weighted by atomic mass is 9.43. The Labute approximate surface area is 258 Å². The number of piperidine rings is 1. The smallest absolute Gasteiger partial charge is 0.338 e. The number of rotatable bonds is 8. The fourth-order valence-electron chi connectivity index (χ4n) is 12.3. The summed E-state index contributed by atoms with van der Waals surface area (Å²) in [5.41, 5.74) is -3.93. The van der Waals surface area contributed by atoms with Gasteiger partial charge in [0.25, 0.3) is 0 Å². The zero-order valence-corrected chi connectivity index (χ0v) is 26.3. The van der Waals surface area contributed by atoms with Crippen LogP contribution >= 0.6 is 0 Å². The number of likely N-dealkylation sites (tertiary alicyclic amines) is 1. The lowest BCUT2D eigenvalue weighted by Crippen LogP contribution is -2.80. The van der Waals surface area contributed by atoms with Crippen molar-refractivity contribution in [1.29, 1.82) is 0 Å². The number of ether oxygens (including phenoxy) is 6. The highest BCUT2D eigenvalue weighted by Gasteiger charge is 2.91. The summed E-state index contributed by atoms with van der Waals surface area (Å²) in [4.78, 5) is 29.2. The predicted molar refractivity (Wildman–Crippen MR) is 154 cm³/mol. The summed E-state index contributed by atoms with van der Waals surface area (Å²) in [6.07, 6.45) is -2.66. The summed E-state index contributed by atoms with van der Waals surface area (Å²) < 4.78 is 37.5. The highest BCUT2D eigenvalue weighted by Crippen LogP contribution is 2.80. The molecule has 6 fully saturated rings. The Hall–Kier alpha value is -2.12. The van der Waals surface area contributed by atoms with Gasteiger partial charge in [0, 0.05) is 76.5 Å². The number of aliphatic hydroxyl groups is 2. The number of carbonyl (C=O) groups is 2. The molecule has 1 saturated heterocycles. The zero-order chi connectivity index (χ0) is 31.4. The van der Waals surface area contributed by atoms with Crippen molar-refractivity contribution >= 4 is 11.9 Å². The van der Waals surface area contributed by atoms with Gasteiger partial charge in [-0.25, -0.2) is 4.79 Å². The number of benzene rings is 1. The van der Waals surface area contributed by atoms with Crippen LogP contribution in [0.2, 0.25) is 0 Å². The number of esters is 2. The van der Waals surface area contributed by atoms with Gasteiger partial charge in [-0.15, -0.1) is 0 Å². The van der Waals surface area contributed by atoms with E-state index < -0.39 is 64.8 Å². The van der Waals surface area contributed by atoms with Gasteiger partial charge in [0.1, 0.15) is 23.9 Å². The molecule has 0 amide bonds. The first-order valence-corrected chi connectivity index (χ1v) is 15.7. The van der Waals surface area contributed by atoms with Crippen molar-refractivity contribution in [1.82, 2.24) is 4.90 Å². The molecule has 6 aliphatic rings. The summed E-state index contributed by atoms with van der Waals surface area (Å²) in [7, 11) is 8.63. The highest BCUT2D eigenvalue weighted by atomic mass is 16.6. The van der Waals surface area contributed by atoms with Gasteiger partial charge in [-0.05, 0) is 44.4 Å². The molecule has 0 aromatic heterocycles. The molecule has 1 aromatic carbocycles. The maximum Gasteiger partial charge on any atom is 0.338 e. The molecule has 242 valence electrons. The Kier molecular flexibility index (Phi) is 7.07. The number of carbonyl (C=O) groups excluding carboxylic acids is 2. The zero-order valence-electron chi connectivity index (χ0n) is 26.3. The van der Waals surface area contributed by atoms with E-state index in [0.717, 1.165) is 19.4 Å². The van der Waals surface area contributed by atoms with E-state index in [-0.39, 0.29) is 35.8 Å². The first kappa shape index (κ1) is 30.5. The van der Waals surface area contributed by atoms with E-state index in [1.165, 1.54) is 14.0 Å². The standard InChI is InChI=1S/C33H45NO10/c1-17(35)44-33-21-19(14-31(38,28(42-6)26(33)36)27(21)43-29(37)18-10-8-7-9-11-18)32-20(40-4)12-13-30(16-39-3)15-34(2)25(32)22(33)23(41-5)24(30)32/h7-11,19-28,36,38H,12-16H2,1-6H3/t19-,20+,21-,22?,23+,24-,25-,26+,27-,28-,30+,31-,32?,33+/m1/s1. The Balaban J connectivity index is 1.51. The van der Waals surface area contributed by atoms with Crippen LogP contribution in [0.5, 0.6) is 0 Å². The van der Waals surface area contributed by atoms with Crippen LogP contribution in [0.3, 0.4) is 0 Å². The number of aliphatic hydroxyl groups excluding tert-OH is 1. The van der Waals surface area contributed by atoms with Gasteiger partial charge in [-0.3, -0.25) is 4.79 Å². The fourth-order valence-corrected chi connectivity index (χ4v) is 12.3. The van der Waals surface area contributed by atoms with Crippen LogP contribution in [0.4, 0.5) is 0 Å². The third-order valence-electron chi connectivity index (χ3n) is 12.8. The first-order chi connectivity index (χ1) is 21.0. The molecule has 7 rings (SSSR count). The highest BCUT2D eigenvalue weighted by molar-refractivity contribution is 5.89. The van der Waals surface area contributed by atoms with Gasteiger partial charge < -0.3 is 43.5 Å². The second-order valence-electron chi connectivity index (χ2n) is 14.2. The number of hydrogen-bond acceptors (Lipinski definition) is 11. The predicted octanol–water partition coefficient (Wildman–Crippen LogP) is 1.29. The van der Waals surface area contributed by atoms with E-state index in [9.17, 15) is 19.8 Å². The monoisotopic (exact) mass is 615 g/mol.